The number of benzene rings is 1. The van der Waals surface area contributed by atoms with Gasteiger partial charge in [0.2, 0.25) is 6.17 Å². The molecule has 43 heavy (non-hydrogen) atoms. The zero-order chi connectivity index (χ0) is 30.5. The molecular weight excluding hydrogens is 520 g/mol. The van der Waals surface area contributed by atoms with Gasteiger partial charge < -0.3 is 0 Å². The standard InChI is InChI=1S/C41H71N2/c1-3-5-7-9-11-13-15-16-17-19-20-22-24-29-33-39(37-38-31-27-26-28-32-38)40(41-42-35-36-43-41)34-30-25-23-21-18-14-12-10-8-6-4-2/h26-28,31-32,35-36,39-40H,3-25,29-30,33-34,37H2,1-2H3/q+1. The molecule has 0 N–H and O–H groups in total. The minimum absolute atomic E-state index is 0.496. The molecule has 1 aliphatic heterocycles. The van der Waals surface area contributed by atoms with E-state index in [4.69, 9.17) is 9.98 Å². The first-order valence-corrected chi connectivity index (χ1v) is 19.3. The van der Waals surface area contributed by atoms with Crippen molar-refractivity contribution in [3.63, 3.8) is 0 Å². The van der Waals surface area contributed by atoms with E-state index in [2.05, 4.69) is 44.2 Å². The van der Waals surface area contributed by atoms with Gasteiger partial charge in [0.05, 0.1) is 5.92 Å². The minimum Gasteiger partial charge on any atom is -0.0965 e. The SMILES string of the molecule is CCCCCCCCCCCCCCCCC(Cc1ccccc1)C(CCCCCCCCCCCCC)[C+]1N=CC=N1. The van der Waals surface area contributed by atoms with Gasteiger partial charge in [-0.2, -0.15) is 0 Å². The monoisotopic (exact) mass is 592 g/mol. The largest absolute Gasteiger partial charge is 0.244 e. The third kappa shape index (κ3) is 20.2. The molecular formula is C41H71N2+. The highest BCUT2D eigenvalue weighted by Crippen LogP contribution is 2.37. The van der Waals surface area contributed by atoms with Crippen molar-refractivity contribution in [3.05, 3.63) is 42.1 Å². The van der Waals surface area contributed by atoms with Gasteiger partial charge in [0.25, 0.3) is 0 Å². The van der Waals surface area contributed by atoms with Gasteiger partial charge in [-0.1, -0.05) is 215 Å². The lowest BCUT2D eigenvalue weighted by Crippen LogP contribution is -2.22. The highest BCUT2D eigenvalue weighted by Gasteiger charge is 2.35. The number of nitrogens with zero attached hydrogens (tertiary/aromatic N) is 2. The molecule has 0 saturated carbocycles. The summed E-state index contributed by atoms with van der Waals surface area (Å²) >= 11 is 0. The molecule has 0 bridgehead atoms. The molecule has 2 unspecified atom stereocenters. The van der Waals surface area contributed by atoms with Crippen molar-refractivity contribution in [1.29, 1.82) is 0 Å². The van der Waals surface area contributed by atoms with Crippen LogP contribution < -0.4 is 0 Å². The Morgan fingerprint density at radius 3 is 1.26 bits per heavy atom. The molecule has 0 radical (unpaired) electrons. The third-order valence-electron chi connectivity index (χ3n) is 9.77. The van der Waals surface area contributed by atoms with Gasteiger partial charge in [0.1, 0.15) is 0 Å². The average molecular weight is 592 g/mol. The molecule has 0 aromatic heterocycles. The molecule has 0 aliphatic carbocycles. The van der Waals surface area contributed by atoms with E-state index in [0.717, 1.165) is 12.6 Å². The second-order valence-corrected chi connectivity index (χ2v) is 13.7. The van der Waals surface area contributed by atoms with E-state index in [-0.39, 0.29) is 0 Å². The summed E-state index contributed by atoms with van der Waals surface area (Å²) in [6, 6.07) is 11.2. The average Bonchev–Trinajstić information content (AvgIpc) is 3.57. The molecule has 2 heteroatoms. The predicted molar refractivity (Wildman–Crippen MR) is 193 cm³/mol. The second-order valence-electron chi connectivity index (χ2n) is 13.7. The Hall–Kier alpha value is -1.57. The molecule has 0 fully saturated rings. The normalized spacial score (nSPS) is 14.1. The van der Waals surface area contributed by atoms with E-state index >= 15 is 0 Å². The first kappa shape index (κ1) is 37.6. The molecule has 0 amide bonds. The number of unbranched alkanes of at least 4 members (excludes halogenated alkanes) is 23. The van der Waals surface area contributed by atoms with Crippen LogP contribution >= 0.6 is 0 Å². The molecule has 1 heterocycles. The molecule has 244 valence electrons. The van der Waals surface area contributed by atoms with E-state index in [1.807, 2.05) is 12.4 Å². The summed E-state index contributed by atoms with van der Waals surface area (Å²) in [6.45, 7) is 4.61. The summed E-state index contributed by atoms with van der Waals surface area (Å²) in [4.78, 5) is 9.51. The van der Waals surface area contributed by atoms with Gasteiger partial charge in [0, 0.05) is 0 Å². The van der Waals surface area contributed by atoms with E-state index in [1.165, 1.54) is 179 Å². The van der Waals surface area contributed by atoms with Crippen LogP contribution in [0, 0.1) is 18.0 Å². The Morgan fingerprint density at radius 2 is 0.837 bits per heavy atom. The first-order valence-electron chi connectivity index (χ1n) is 19.3. The van der Waals surface area contributed by atoms with Crippen LogP contribution in [0.25, 0.3) is 0 Å². The van der Waals surface area contributed by atoms with Crippen LogP contribution in [0.1, 0.15) is 193 Å². The van der Waals surface area contributed by atoms with Crippen LogP contribution in [-0.4, -0.2) is 12.4 Å². The maximum Gasteiger partial charge on any atom is 0.244 e. The lowest BCUT2D eigenvalue weighted by atomic mass is 9.78. The van der Waals surface area contributed by atoms with Gasteiger partial charge in [0.15, 0.2) is 12.4 Å². The fraction of sp³-hybridized carbons (Fsp3) is 0.780. The van der Waals surface area contributed by atoms with Gasteiger partial charge in [-0.05, 0) is 30.7 Å². The van der Waals surface area contributed by atoms with Gasteiger partial charge in [-0.3, -0.25) is 0 Å². The number of hydrogen-bond acceptors (Lipinski definition) is 2. The van der Waals surface area contributed by atoms with Crippen molar-refractivity contribution in [2.45, 2.75) is 194 Å². The van der Waals surface area contributed by atoms with Crippen molar-refractivity contribution in [2.75, 3.05) is 0 Å². The third-order valence-corrected chi connectivity index (χ3v) is 9.77. The summed E-state index contributed by atoms with van der Waals surface area (Å²) in [6.07, 6.45) is 44.1. The fourth-order valence-electron chi connectivity index (χ4n) is 7.01. The maximum absolute atomic E-state index is 4.76. The highest BCUT2D eigenvalue weighted by atomic mass is 15.0. The van der Waals surface area contributed by atoms with E-state index < -0.39 is 0 Å². The van der Waals surface area contributed by atoms with Crippen LogP contribution in [0.5, 0.6) is 0 Å². The summed E-state index contributed by atoms with van der Waals surface area (Å²) in [5.41, 5.74) is 1.48. The number of aliphatic imine (C=N–C) groups is 2. The predicted octanol–water partition coefficient (Wildman–Crippen LogP) is 13.7. The molecule has 1 aromatic rings. The van der Waals surface area contributed by atoms with Crippen LogP contribution in [0.3, 0.4) is 0 Å². The second kappa shape index (κ2) is 27.9. The topological polar surface area (TPSA) is 24.7 Å². The summed E-state index contributed by atoms with van der Waals surface area (Å²) in [5, 5.41) is 0. The minimum atomic E-state index is 0.496. The highest BCUT2D eigenvalue weighted by molar-refractivity contribution is 6.18. The van der Waals surface area contributed by atoms with Gasteiger partial charge in [-0.25, -0.2) is 0 Å². The molecule has 0 spiro atoms. The van der Waals surface area contributed by atoms with E-state index in [0.29, 0.717) is 11.8 Å². The summed E-state index contributed by atoms with van der Waals surface area (Å²) < 4.78 is 0. The molecule has 1 aromatic carbocycles. The quantitative estimate of drug-likeness (QED) is 0.0606. The Balaban J connectivity index is 1.68. The zero-order valence-electron chi connectivity index (χ0n) is 28.9. The van der Waals surface area contributed by atoms with Crippen LogP contribution in [-0.2, 0) is 6.42 Å². The van der Waals surface area contributed by atoms with Crippen molar-refractivity contribution in [1.82, 2.24) is 0 Å². The van der Waals surface area contributed by atoms with E-state index in [1.54, 1.807) is 0 Å². The van der Waals surface area contributed by atoms with E-state index in [9.17, 15) is 0 Å². The van der Waals surface area contributed by atoms with Crippen molar-refractivity contribution < 1.29 is 0 Å². The van der Waals surface area contributed by atoms with Crippen molar-refractivity contribution in [2.24, 2.45) is 21.8 Å². The van der Waals surface area contributed by atoms with Crippen molar-refractivity contribution >= 4 is 12.4 Å². The summed E-state index contributed by atoms with van der Waals surface area (Å²) in [5.74, 6) is 1.14. The lowest BCUT2D eigenvalue weighted by molar-refractivity contribution is 0.284. The van der Waals surface area contributed by atoms with Crippen LogP contribution in [0.15, 0.2) is 40.3 Å². The molecule has 0 saturated heterocycles. The number of rotatable bonds is 31. The Kier molecular flexibility index (Phi) is 24.4. The van der Waals surface area contributed by atoms with Crippen LogP contribution in [0.4, 0.5) is 0 Å². The van der Waals surface area contributed by atoms with Crippen LogP contribution in [0.2, 0.25) is 0 Å². The van der Waals surface area contributed by atoms with Crippen molar-refractivity contribution in [3.8, 4) is 0 Å². The lowest BCUT2D eigenvalue weighted by Gasteiger charge is -2.26. The zero-order valence-corrected chi connectivity index (χ0v) is 28.9. The Bertz CT molecular complexity index is 757. The molecule has 2 atom stereocenters. The molecule has 1 aliphatic rings. The molecule has 2 nitrogen and oxygen atoms in total. The summed E-state index contributed by atoms with van der Waals surface area (Å²) in [7, 11) is 0. The molecule has 2 rings (SSSR count). The van der Waals surface area contributed by atoms with Gasteiger partial charge in [-0.15, -0.1) is 0 Å². The first-order chi connectivity index (χ1) is 21.3. The Labute approximate surface area is 269 Å². The van der Waals surface area contributed by atoms with Gasteiger partial charge >= 0.3 is 0 Å². The Morgan fingerprint density at radius 1 is 0.465 bits per heavy atom. The number of hydrogen-bond donors (Lipinski definition) is 0. The fourth-order valence-corrected chi connectivity index (χ4v) is 7.01. The maximum atomic E-state index is 4.76. The smallest absolute Gasteiger partial charge is 0.0965 e.